The summed E-state index contributed by atoms with van der Waals surface area (Å²) in [5, 5.41) is 19.2. The molecule has 6 nitrogen and oxygen atoms in total. The Balaban J connectivity index is 1.49. The summed E-state index contributed by atoms with van der Waals surface area (Å²) in [5.41, 5.74) is 2.37. The van der Waals surface area contributed by atoms with Gasteiger partial charge in [0.25, 0.3) is 5.91 Å². The van der Waals surface area contributed by atoms with Crippen LogP contribution >= 0.6 is 11.8 Å². The molecule has 2 fully saturated rings. The van der Waals surface area contributed by atoms with E-state index in [0.717, 1.165) is 75.1 Å². The Morgan fingerprint density at radius 1 is 1.31 bits per heavy atom. The normalized spacial score (nSPS) is 24.2. The van der Waals surface area contributed by atoms with Gasteiger partial charge in [0, 0.05) is 48.4 Å². The van der Waals surface area contributed by atoms with E-state index < -0.39 is 5.60 Å². The number of hydrogen-bond acceptors (Lipinski definition) is 5. The monoisotopic (exact) mass is 418 g/mol. The fourth-order valence-corrected chi connectivity index (χ4v) is 5.85. The number of amides is 1. The van der Waals surface area contributed by atoms with Gasteiger partial charge in [-0.25, -0.2) is 0 Å². The molecule has 1 saturated heterocycles. The lowest BCUT2D eigenvalue weighted by molar-refractivity contribution is 0.00227. The third-order valence-corrected chi connectivity index (χ3v) is 7.60. The third kappa shape index (κ3) is 4.72. The van der Waals surface area contributed by atoms with Crippen LogP contribution in [0.2, 0.25) is 0 Å². The molecular weight excluding hydrogens is 384 g/mol. The van der Waals surface area contributed by atoms with Crippen LogP contribution in [0.25, 0.3) is 0 Å². The van der Waals surface area contributed by atoms with Gasteiger partial charge >= 0.3 is 0 Å². The van der Waals surface area contributed by atoms with Crippen LogP contribution in [0.15, 0.2) is 12.7 Å². The number of thioether (sulfide) groups is 1. The van der Waals surface area contributed by atoms with Crippen molar-refractivity contribution in [2.75, 3.05) is 31.1 Å². The number of carbonyl (C=O) groups excluding carboxylic acids is 1. The van der Waals surface area contributed by atoms with Gasteiger partial charge in [-0.2, -0.15) is 16.9 Å². The molecule has 1 unspecified atom stereocenters. The number of allylic oxidation sites excluding steroid dienone is 1. The molecular formula is C22H34N4O2S. The largest absolute Gasteiger partial charge is 0.389 e. The molecule has 2 heterocycles. The van der Waals surface area contributed by atoms with Crippen molar-refractivity contribution in [2.24, 2.45) is 0 Å². The molecule has 0 aromatic carbocycles. The van der Waals surface area contributed by atoms with Crippen molar-refractivity contribution >= 4 is 17.7 Å². The number of aliphatic hydroxyl groups is 1. The number of carbonyl (C=O) groups is 1. The smallest absolute Gasteiger partial charge is 0.274 e. The van der Waals surface area contributed by atoms with Crippen molar-refractivity contribution < 1.29 is 9.90 Å². The van der Waals surface area contributed by atoms with E-state index in [0.29, 0.717) is 24.8 Å². The van der Waals surface area contributed by atoms with Crippen molar-refractivity contribution in [3.63, 3.8) is 0 Å². The summed E-state index contributed by atoms with van der Waals surface area (Å²) in [6.07, 6.45) is 9.85. The topological polar surface area (TPSA) is 70.4 Å². The maximum atomic E-state index is 13.2. The Hall–Kier alpha value is -1.31. The van der Waals surface area contributed by atoms with Crippen molar-refractivity contribution in [3.05, 3.63) is 29.6 Å². The minimum Gasteiger partial charge on any atom is -0.389 e. The molecule has 2 N–H and O–H groups in total. The van der Waals surface area contributed by atoms with Crippen molar-refractivity contribution in [2.45, 2.75) is 69.6 Å². The molecule has 2 aliphatic carbocycles. The second-order valence-electron chi connectivity index (χ2n) is 8.75. The number of nitrogens with zero attached hydrogens (tertiary/aromatic N) is 3. The minimum absolute atomic E-state index is 0.0796. The number of nitrogens with one attached hydrogen (secondary N) is 1. The summed E-state index contributed by atoms with van der Waals surface area (Å²) in [7, 11) is 0. The Morgan fingerprint density at radius 2 is 2.07 bits per heavy atom. The zero-order chi connectivity index (χ0) is 20.3. The fraction of sp³-hybridized carbons (Fsp3) is 0.727. The molecule has 29 heavy (non-hydrogen) atoms. The molecule has 1 aliphatic heterocycles. The average molecular weight is 419 g/mol. The minimum atomic E-state index is -0.560. The summed E-state index contributed by atoms with van der Waals surface area (Å²) in [6, 6.07) is 0.290. The highest BCUT2D eigenvalue weighted by atomic mass is 32.2. The van der Waals surface area contributed by atoms with Crippen LogP contribution in [0.1, 0.15) is 60.3 Å². The summed E-state index contributed by atoms with van der Waals surface area (Å²) in [4.78, 5) is 15.2. The van der Waals surface area contributed by atoms with Gasteiger partial charge in [0.1, 0.15) is 0 Å². The molecule has 0 bridgehead atoms. The molecule has 3 aliphatic rings. The van der Waals surface area contributed by atoms with Crippen LogP contribution in [0.5, 0.6) is 0 Å². The van der Waals surface area contributed by atoms with Crippen LogP contribution < -0.4 is 5.32 Å². The van der Waals surface area contributed by atoms with Gasteiger partial charge in [0.15, 0.2) is 5.69 Å². The van der Waals surface area contributed by atoms with Gasteiger partial charge < -0.3 is 15.3 Å². The van der Waals surface area contributed by atoms with E-state index in [4.69, 9.17) is 5.10 Å². The Morgan fingerprint density at radius 3 is 2.79 bits per heavy atom. The second kappa shape index (κ2) is 9.23. The quantitative estimate of drug-likeness (QED) is 0.694. The van der Waals surface area contributed by atoms with E-state index in [1.807, 2.05) is 27.4 Å². The molecule has 160 valence electrons. The van der Waals surface area contributed by atoms with Crippen LogP contribution in [-0.4, -0.2) is 68.5 Å². The van der Waals surface area contributed by atoms with Gasteiger partial charge in [-0.15, -0.1) is 6.58 Å². The summed E-state index contributed by atoms with van der Waals surface area (Å²) in [6.45, 7) is 6.76. The zero-order valence-electron chi connectivity index (χ0n) is 17.4. The van der Waals surface area contributed by atoms with Gasteiger partial charge in [-0.1, -0.05) is 25.3 Å². The third-order valence-electron chi connectivity index (χ3n) is 6.65. The molecule has 1 aromatic heterocycles. The number of aromatic nitrogens is 2. The first-order valence-electron chi connectivity index (χ1n) is 11.1. The Kier molecular flexibility index (Phi) is 6.66. The maximum absolute atomic E-state index is 13.2. The highest BCUT2D eigenvalue weighted by Crippen LogP contribution is 2.30. The molecule has 4 rings (SSSR count). The lowest BCUT2D eigenvalue weighted by atomic mass is 9.84. The maximum Gasteiger partial charge on any atom is 0.274 e. The molecule has 1 amide bonds. The van der Waals surface area contributed by atoms with Gasteiger partial charge in [0.05, 0.1) is 12.1 Å². The molecule has 1 atom stereocenters. The lowest BCUT2D eigenvalue weighted by Gasteiger charge is -2.35. The van der Waals surface area contributed by atoms with Crippen LogP contribution in [0.3, 0.4) is 0 Å². The number of hydrogen-bond donors (Lipinski definition) is 2. The lowest BCUT2D eigenvalue weighted by Crippen LogP contribution is -2.47. The highest BCUT2D eigenvalue weighted by molar-refractivity contribution is 7.99. The summed E-state index contributed by atoms with van der Waals surface area (Å²) in [5.74, 6) is 2.09. The first kappa shape index (κ1) is 20.9. The van der Waals surface area contributed by atoms with E-state index in [2.05, 4.69) is 11.9 Å². The van der Waals surface area contributed by atoms with Crippen molar-refractivity contribution in [1.82, 2.24) is 20.0 Å². The predicted molar refractivity (Wildman–Crippen MR) is 118 cm³/mol. The van der Waals surface area contributed by atoms with E-state index in [-0.39, 0.29) is 5.91 Å². The average Bonchev–Trinajstić information content (AvgIpc) is 3.11. The Labute approximate surface area is 178 Å². The predicted octanol–water partition coefficient (Wildman–Crippen LogP) is 2.40. The van der Waals surface area contributed by atoms with Crippen molar-refractivity contribution in [3.8, 4) is 0 Å². The van der Waals surface area contributed by atoms with E-state index in [1.165, 1.54) is 12.1 Å². The van der Waals surface area contributed by atoms with Crippen molar-refractivity contribution in [1.29, 1.82) is 0 Å². The molecule has 1 aromatic rings. The van der Waals surface area contributed by atoms with Crippen LogP contribution in [0, 0.1) is 0 Å². The van der Waals surface area contributed by atoms with Gasteiger partial charge in [-0.05, 0) is 32.1 Å². The zero-order valence-corrected chi connectivity index (χ0v) is 18.2. The molecule has 0 spiro atoms. The first-order valence-corrected chi connectivity index (χ1v) is 12.3. The second-order valence-corrected chi connectivity index (χ2v) is 9.98. The van der Waals surface area contributed by atoms with E-state index >= 15 is 0 Å². The van der Waals surface area contributed by atoms with Gasteiger partial charge in [0.2, 0.25) is 0 Å². The Bertz CT molecular complexity index is 735. The van der Waals surface area contributed by atoms with Crippen LogP contribution in [-0.2, 0) is 19.4 Å². The fourth-order valence-electron chi connectivity index (χ4n) is 4.94. The first-order chi connectivity index (χ1) is 14.1. The van der Waals surface area contributed by atoms with Gasteiger partial charge in [-0.3, -0.25) is 9.48 Å². The van der Waals surface area contributed by atoms with Crippen LogP contribution in [0.4, 0.5) is 0 Å². The number of fused-ring (bicyclic) bond motifs is 1. The summed E-state index contributed by atoms with van der Waals surface area (Å²) >= 11 is 1.91. The molecule has 7 heteroatoms. The highest BCUT2D eigenvalue weighted by Gasteiger charge is 2.34. The SMILES string of the molecule is C=CCn1nc(C(=O)N2CCSCC2)c2c1CCC(NCC1(O)CCCCC1)C2. The molecule has 1 saturated carbocycles. The summed E-state index contributed by atoms with van der Waals surface area (Å²) < 4.78 is 1.97. The molecule has 0 radical (unpaired) electrons. The standard InChI is InChI=1S/C22H34N4O2S/c1-2-10-26-19-7-6-17(23-16-22(28)8-4-3-5-9-22)15-18(19)20(24-26)21(27)25-11-13-29-14-12-25/h2,17,23,28H,1,3-16H2. The van der Waals surface area contributed by atoms with E-state index in [9.17, 15) is 9.90 Å². The number of rotatable bonds is 6. The van der Waals surface area contributed by atoms with E-state index in [1.54, 1.807) is 0 Å².